The molecule has 7 heteroatoms. The van der Waals surface area contributed by atoms with Gasteiger partial charge >= 0.3 is 0 Å². The van der Waals surface area contributed by atoms with Crippen LogP contribution in [0, 0.1) is 0 Å². The summed E-state index contributed by atoms with van der Waals surface area (Å²) in [5.41, 5.74) is 4.77. The van der Waals surface area contributed by atoms with Gasteiger partial charge in [0.2, 0.25) is 11.7 Å². The summed E-state index contributed by atoms with van der Waals surface area (Å²) in [4.78, 5) is 24.5. The van der Waals surface area contributed by atoms with Gasteiger partial charge in [0, 0.05) is 0 Å². The van der Waals surface area contributed by atoms with Crippen molar-refractivity contribution in [3.63, 3.8) is 0 Å². The normalized spacial score (nSPS) is 15.8. The van der Waals surface area contributed by atoms with E-state index in [2.05, 4.69) is 5.32 Å². The van der Waals surface area contributed by atoms with E-state index in [9.17, 15) is 9.59 Å². The maximum atomic E-state index is 12.7. The van der Waals surface area contributed by atoms with Crippen molar-refractivity contribution in [2.24, 2.45) is 5.73 Å². The number of benzene rings is 1. The number of hydrogen-bond acceptors (Lipinski definition) is 5. The van der Waals surface area contributed by atoms with Gasteiger partial charge in [-0.1, -0.05) is 12.8 Å². The topological polar surface area (TPSA) is 99.9 Å². The van der Waals surface area contributed by atoms with Crippen LogP contribution >= 0.6 is 0 Å². The number of nitrogens with two attached hydrogens (primary N) is 1. The second kappa shape index (κ2) is 6.76. The van der Waals surface area contributed by atoms with Gasteiger partial charge in [-0.2, -0.15) is 0 Å². The van der Waals surface area contributed by atoms with E-state index in [1.54, 1.807) is 12.1 Å². The molecule has 1 aromatic rings. The molecule has 1 aliphatic carbocycles. The minimum absolute atomic E-state index is 0.252. The summed E-state index contributed by atoms with van der Waals surface area (Å²) < 4.78 is 15.8. The average Bonchev–Trinajstić information content (AvgIpc) is 3.02. The second-order valence-corrected chi connectivity index (χ2v) is 5.49. The van der Waals surface area contributed by atoms with E-state index in [0.29, 0.717) is 24.3 Å². The Kier molecular flexibility index (Phi) is 4.98. The number of carbonyl (C=O) groups excluding carboxylic acids is 2. The fraction of sp³-hybridized carbons (Fsp3) is 0.500. The highest BCUT2D eigenvalue weighted by Crippen LogP contribution is 2.40. The zero-order chi connectivity index (χ0) is 17.0. The Hall–Kier alpha value is -2.44. The van der Waals surface area contributed by atoms with Crippen molar-refractivity contribution in [2.75, 3.05) is 21.3 Å². The Morgan fingerprint density at radius 2 is 1.65 bits per heavy atom. The molecule has 0 radical (unpaired) electrons. The summed E-state index contributed by atoms with van der Waals surface area (Å²) in [6.45, 7) is 0. The van der Waals surface area contributed by atoms with Crippen LogP contribution in [0.15, 0.2) is 12.1 Å². The van der Waals surface area contributed by atoms with E-state index >= 15 is 0 Å². The Morgan fingerprint density at radius 3 is 2.13 bits per heavy atom. The average molecular weight is 322 g/mol. The highest BCUT2D eigenvalue weighted by atomic mass is 16.5. The number of hydrogen-bond donors (Lipinski definition) is 2. The van der Waals surface area contributed by atoms with Crippen LogP contribution in [0.1, 0.15) is 36.0 Å². The van der Waals surface area contributed by atoms with E-state index in [0.717, 1.165) is 12.8 Å². The largest absolute Gasteiger partial charge is 0.493 e. The molecule has 0 aliphatic heterocycles. The van der Waals surface area contributed by atoms with Gasteiger partial charge in [-0.15, -0.1) is 0 Å². The minimum atomic E-state index is -0.991. The molecule has 23 heavy (non-hydrogen) atoms. The number of carbonyl (C=O) groups is 2. The first-order valence-corrected chi connectivity index (χ1v) is 7.40. The maximum Gasteiger partial charge on any atom is 0.256 e. The molecule has 0 unspecified atom stereocenters. The molecule has 3 N–H and O–H groups in total. The van der Waals surface area contributed by atoms with E-state index < -0.39 is 17.4 Å². The third-order valence-electron chi connectivity index (χ3n) is 4.23. The fourth-order valence-corrected chi connectivity index (χ4v) is 2.98. The summed E-state index contributed by atoms with van der Waals surface area (Å²) in [5.74, 6) is 0.0850. The lowest BCUT2D eigenvalue weighted by atomic mass is 9.96. The number of ether oxygens (including phenoxy) is 3. The van der Waals surface area contributed by atoms with Crippen LogP contribution in [0.2, 0.25) is 0 Å². The predicted octanol–water partition coefficient (Wildman–Crippen LogP) is 1.24. The van der Waals surface area contributed by atoms with Crippen molar-refractivity contribution in [3.05, 3.63) is 17.7 Å². The SMILES string of the molecule is COc1ccc(C(=O)NC2(C(N)=O)CCCC2)c(OC)c1OC. The van der Waals surface area contributed by atoms with E-state index in [-0.39, 0.29) is 11.3 Å². The molecular weight excluding hydrogens is 300 g/mol. The standard InChI is InChI=1S/C16H22N2O5/c1-21-11-7-6-10(12(22-2)13(11)23-3)14(19)18-16(15(17)20)8-4-5-9-16/h6-7H,4-5,8-9H2,1-3H3,(H2,17,20)(H,18,19). The van der Waals surface area contributed by atoms with Gasteiger partial charge in [-0.05, 0) is 25.0 Å². The molecule has 1 aliphatic rings. The Labute approximate surface area is 135 Å². The number of nitrogens with one attached hydrogen (secondary N) is 1. The molecule has 0 heterocycles. The van der Waals surface area contributed by atoms with Crippen molar-refractivity contribution in [2.45, 2.75) is 31.2 Å². The molecular formula is C16H22N2O5. The summed E-state index contributed by atoms with van der Waals surface area (Å²) in [7, 11) is 4.40. The number of rotatable bonds is 6. The molecule has 1 fully saturated rings. The minimum Gasteiger partial charge on any atom is -0.493 e. The third kappa shape index (κ3) is 3.04. The van der Waals surface area contributed by atoms with Gasteiger partial charge in [-0.25, -0.2) is 0 Å². The van der Waals surface area contributed by atoms with Gasteiger partial charge in [0.15, 0.2) is 11.5 Å². The molecule has 7 nitrogen and oxygen atoms in total. The van der Waals surface area contributed by atoms with Gasteiger partial charge < -0.3 is 25.3 Å². The molecule has 2 rings (SSSR count). The lowest BCUT2D eigenvalue weighted by molar-refractivity contribution is -0.123. The van der Waals surface area contributed by atoms with Crippen molar-refractivity contribution in [1.29, 1.82) is 0 Å². The van der Waals surface area contributed by atoms with Crippen molar-refractivity contribution in [3.8, 4) is 17.2 Å². The summed E-state index contributed by atoms with van der Waals surface area (Å²) in [5, 5.41) is 2.78. The molecule has 0 saturated heterocycles. The van der Waals surface area contributed by atoms with E-state index in [1.807, 2.05) is 0 Å². The molecule has 0 bridgehead atoms. The Morgan fingerprint density at radius 1 is 1.04 bits per heavy atom. The van der Waals surface area contributed by atoms with Gasteiger partial charge in [0.1, 0.15) is 5.54 Å². The fourth-order valence-electron chi connectivity index (χ4n) is 2.98. The monoisotopic (exact) mass is 322 g/mol. The summed E-state index contributed by atoms with van der Waals surface area (Å²) in [6.07, 6.45) is 2.80. The predicted molar refractivity (Wildman–Crippen MR) is 84.0 cm³/mol. The maximum absolute atomic E-state index is 12.7. The molecule has 2 amide bonds. The first-order valence-electron chi connectivity index (χ1n) is 7.40. The third-order valence-corrected chi connectivity index (χ3v) is 4.23. The van der Waals surface area contributed by atoms with Crippen molar-refractivity contribution < 1.29 is 23.8 Å². The van der Waals surface area contributed by atoms with Crippen molar-refractivity contribution >= 4 is 11.8 Å². The van der Waals surface area contributed by atoms with Crippen LogP contribution in [-0.4, -0.2) is 38.7 Å². The van der Waals surface area contributed by atoms with Gasteiger partial charge in [0.25, 0.3) is 5.91 Å². The number of amides is 2. The molecule has 126 valence electrons. The smallest absolute Gasteiger partial charge is 0.256 e. The van der Waals surface area contributed by atoms with E-state index in [4.69, 9.17) is 19.9 Å². The van der Waals surface area contributed by atoms with Crippen molar-refractivity contribution in [1.82, 2.24) is 5.32 Å². The van der Waals surface area contributed by atoms with Crippen LogP contribution in [-0.2, 0) is 4.79 Å². The molecule has 0 aromatic heterocycles. The molecule has 1 saturated carbocycles. The quantitative estimate of drug-likeness (QED) is 0.821. The number of methoxy groups -OCH3 is 3. The van der Waals surface area contributed by atoms with Crippen LogP contribution in [0.5, 0.6) is 17.2 Å². The zero-order valence-corrected chi connectivity index (χ0v) is 13.6. The Balaban J connectivity index is 2.37. The van der Waals surface area contributed by atoms with Crippen LogP contribution in [0.4, 0.5) is 0 Å². The highest BCUT2D eigenvalue weighted by molar-refractivity contribution is 6.01. The Bertz CT molecular complexity index is 609. The summed E-state index contributed by atoms with van der Waals surface area (Å²) in [6, 6.07) is 3.18. The van der Waals surface area contributed by atoms with E-state index in [1.165, 1.54) is 21.3 Å². The number of primary amides is 1. The van der Waals surface area contributed by atoms with Crippen LogP contribution in [0.3, 0.4) is 0 Å². The highest BCUT2D eigenvalue weighted by Gasteiger charge is 2.41. The summed E-state index contributed by atoms with van der Waals surface area (Å²) >= 11 is 0. The lowest BCUT2D eigenvalue weighted by Crippen LogP contribution is -2.55. The first-order chi connectivity index (χ1) is 11.0. The van der Waals surface area contributed by atoms with Crippen LogP contribution in [0.25, 0.3) is 0 Å². The molecule has 1 aromatic carbocycles. The van der Waals surface area contributed by atoms with Gasteiger partial charge in [-0.3, -0.25) is 9.59 Å². The second-order valence-electron chi connectivity index (χ2n) is 5.49. The first kappa shape index (κ1) is 16.9. The zero-order valence-electron chi connectivity index (χ0n) is 13.6. The van der Waals surface area contributed by atoms with Crippen LogP contribution < -0.4 is 25.3 Å². The molecule has 0 spiro atoms. The molecule has 0 atom stereocenters. The van der Waals surface area contributed by atoms with Gasteiger partial charge in [0.05, 0.1) is 26.9 Å². The lowest BCUT2D eigenvalue weighted by Gasteiger charge is -2.27.